The van der Waals surface area contributed by atoms with Gasteiger partial charge in [-0.2, -0.15) is 0 Å². The predicted molar refractivity (Wildman–Crippen MR) is 99.8 cm³/mol. The number of para-hydroxylation sites is 1. The van der Waals surface area contributed by atoms with Gasteiger partial charge in [-0.1, -0.05) is 50.6 Å². The van der Waals surface area contributed by atoms with Crippen LogP contribution in [0.3, 0.4) is 0 Å². The van der Waals surface area contributed by atoms with Crippen molar-refractivity contribution in [2.24, 2.45) is 0 Å². The van der Waals surface area contributed by atoms with Crippen molar-refractivity contribution in [3.8, 4) is 11.5 Å². The number of hydrogen-bond acceptors (Lipinski definition) is 3. The summed E-state index contributed by atoms with van der Waals surface area (Å²) in [6.45, 7) is 6.59. The fraction of sp³-hybridized carbons (Fsp3) is 0.429. The van der Waals surface area contributed by atoms with Crippen molar-refractivity contribution >= 4 is 0 Å². The molecule has 0 aliphatic rings. The third-order valence-corrected chi connectivity index (χ3v) is 3.98. The molecular weight excluding hydrogens is 298 g/mol. The first-order valence-electron chi connectivity index (χ1n) is 8.97. The van der Waals surface area contributed by atoms with E-state index in [4.69, 9.17) is 9.47 Å². The lowest BCUT2D eigenvalue weighted by Crippen LogP contribution is -2.21. The number of ether oxygens (including phenoxy) is 2. The molecule has 0 aliphatic carbocycles. The van der Waals surface area contributed by atoms with Crippen molar-refractivity contribution in [2.75, 3.05) is 19.8 Å². The van der Waals surface area contributed by atoms with E-state index >= 15 is 0 Å². The van der Waals surface area contributed by atoms with Gasteiger partial charge < -0.3 is 14.8 Å². The molecule has 1 N–H and O–H groups in total. The smallest absolute Gasteiger partial charge is 0.122 e. The van der Waals surface area contributed by atoms with E-state index in [1.807, 2.05) is 42.5 Å². The molecule has 0 fully saturated rings. The lowest BCUT2D eigenvalue weighted by atomic mass is 10.0. The van der Waals surface area contributed by atoms with Crippen LogP contribution in [0, 0.1) is 0 Å². The number of nitrogens with one attached hydrogen (secondary N) is 1. The van der Waals surface area contributed by atoms with Gasteiger partial charge in [0.1, 0.15) is 24.7 Å². The average molecular weight is 327 g/mol. The molecule has 24 heavy (non-hydrogen) atoms. The second kappa shape index (κ2) is 10.7. The molecular formula is C21H29NO2. The Morgan fingerprint density at radius 2 is 1.46 bits per heavy atom. The van der Waals surface area contributed by atoms with Crippen LogP contribution in [0.25, 0.3) is 0 Å². The molecule has 0 aliphatic heterocycles. The highest BCUT2D eigenvalue weighted by Gasteiger charge is 2.08. The Morgan fingerprint density at radius 3 is 2.04 bits per heavy atom. The van der Waals surface area contributed by atoms with E-state index in [9.17, 15) is 0 Å². The molecule has 0 amide bonds. The van der Waals surface area contributed by atoms with Crippen molar-refractivity contribution in [1.82, 2.24) is 5.32 Å². The Kier molecular flexibility index (Phi) is 8.19. The van der Waals surface area contributed by atoms with Gasteiger partial charge in [0, 0.05) is 6.04 Å². The second-order valence-corrected chi connectivity index (χ2v) is 5.85. The van der Waals surface area contributed by atoms with Crippen molar-refractivity contribution in [3.63, 3.8) is 0 Å². The van der Waals surface area contributed by atoms with Gasteiger partial charge in [0.2, 0.25) is 0 Å². The molecule has 0 heterocycles. The highest BCUT2D eigenvalue weighted by Crippen LogP contribution is 2.20. The molecule has 0 spiro atoms. The molecule has 1 unspecified atom stereocenters. The third-order valence-electron chi connectivity index (χ3n) is 3.98. The first-order chi connectivity index (χ1) is 11.8. The normalized spacial score (nSPS) is 11.9. The van der Waals surface area contributed by atoms with Crippen LogP contribution in [-0.2, 0) is 0 Å². The summed E-state index contributed by atoms with van der Waals surface area (Å²) in [6.07, 6.45) is 3.54. The highest BCUT2D eigenvalue weighted by atomic mass is 16.5. The summed E-state index contributed by atoms with van der Waals surface area (Å²) in [5.74, 6) is 1.76. The van der Waals surface area contributed by atoms with Crippen molar-refractivity contribution in [3.05, 3.63) is 60.2 Å². The van der Waals surface area contributed by atoms with Crippen LogP contribution in [0.4, 0.5) is 0 Å². The SMILES string of the molecule is CCCCNC(CC)c1ccc(OCCOc2ccccc2)cc1. The zero-order valence-corrected chi connectivity index (χ0v) is 14.8. The van der Waals surface area contributed by atoms with Crippen LogP contribution >= 0.6 is 0 Å². The molecule has 0 saturated carbocycles. The molecule has 2 rings (SSSR count). The van der Waals surface area contributed by atoms with Crippen LogP contribution in [-0.4, -0.2) is 19.8 Å². The maximum absolute atomic E-state index is 5.75. The van der Waals surface area contributed by atoms with Gasteiger partial charge in [0.15, 0.2) is 0 Å². The Labute approximate surface area is 146 Å². The zero-order chi connectivity index (χ0) is 17.0. The minimum absolute atomic E-state index is 0.423. The van der Waals surface area contributed by atoms with Crippen LogP contribution in [0.15, 0.2) is 54.6 Å². The molecule has 0 bridgehead atoms. The van der Waals surface area contributed by atoms with Crippen molar-refractivity contribution in [2.45, 2.75) is 39.2 Å². The van der Waals surface area contributed by atoms with Gasteiger partial charge in [-0.3, -0.25) is 0 Å². The molecule has 2 aromatic rings. The molecule has 1 atom stereocenters. The van der Waals surface area contributed by atoms with Gasteiger partial charge >= 0.3 is 0 Å². The quantitative estimate of drug-likeness (QED) is 0.590. The summed E-state index contributed by atoms with van der Waals surface area (Å²) in [5, 5.41) is 3.62. The zero-order valence-electron chi connectivity index (χ0n) is 14.8. The standard InChI is InChI=1S/C21H29NO2/c1-3-5-15-22-21(4-2)18-11-13-20(14-12-18)24-17-16-23-19-9-7-6-8-10-19/h6-14,21-22H,3-5,15-17H2,1-2H3. The maximum Gasteiger partial charge on any atom is 0.122 e. The van der Waals surface area contributed by atoms with Crippen LogP contribution < -0.4 is 14.8 Å². The van der Waals surface area contributed by atoms with Crippen molar-refractivity contribution < 1.29 is 9.47 Å². The van der Waals surface area contributed by atoms with Crippen LogP contribution in [0.5, 0.6) is 11.5 Å². The number of hydrogen-bond donors (Lipinski definition) is 1. The van der Waals surface area contributed by atoms with E-state index in [1.165, 1.54) is 18.4 Å². The summed E-state index contributed by atoms with van der Waals surface area (Å²) < 4.78 is 11.4. The number of unbranched alkanes of at least 4 members (excludes halogenated alkanes) is 1. The summed E-state index contributed by atoms with van der Waals surface area (Å²) >= 11 is 0. The molecule has 3 heteroatoms. The molecule has 3 nitrogen and oxygen atoms in total. The van der Waals surface area contributed by atoms with Gasteiger partial charge in [-0.25, -0.2) is 0 Å². The average Bonchev–Trinajstić information content (AvgIpc) is 2.64. The van der Waals surface area contributed by atoms with Crippen molar-refractivity contribution in [1.29, 1.82) is 0 Å². The van der Waals surface area contributed by atoms with Gasteiger partial charge in [0.05, 0.1) is 0 Å². The van der Waals surface area contributed by atoms with E-state index < -0.39 is 0 Å². The van der Waals surface area contributed by atoms with E-state index in [0.717, 1.165) is 24.5 Å². The molecule has 0 aromatic heterocycles. The van der Waals surface area contributed by atoms with Gasteiger partial charge in [0.25, 0.3) is 0 Å². The Bertz CT molecular complexity index is 554. The van der Waals surface area contributed by atoms with E-state index in [-0.39, 0.29) is 0 Å². The van der Waals surface area contributed by atoms with Crippen LogP contribution in [0.1, 0.15) is 44.7 Å². The first-order valence-corrected chi connectivity index (χ1v) is 8.97. The molecule has 0 saturated heterocycles. The number of rotatable bonds is 11. The largest absolute Gasteiger partial charge is 0.490 e. The fourth-order valence-corrected chi connectivity index (χ4v) is 2.58. The van der Waals surface area contributed by atoms with E-state index in [1.54, 1.807) is 0 Å². The van der Waals surface area contributed by atoms with Gasteiger partial charge in [-0.05, 0) is 49.2 Å². The highest BCUT2D eigenvalue weighted by molar-refractivity contribution is 5.29. The minimum Gasteiger partial charge on any atom is -0.490 e. The molecule has 2 aromatic carbocycles. The Hall–Kier alpha value is -2.00. The summed E-state index contributed by atoms with van der Waals surface area (Å²) in [5.41, 5.74) is 1.32. The summed E-state index contributed by atoms with van der Waals surface area (Å²) in [7, 11) is 0. The first kappa shape index (κ1) is 18.3. The predicted octanol–water partition coefficient (Wildman–Crippen LogP) is 4.99. The lowest BCUT2D eigenvalue weighted by Gasteiger charge is -2.18. The second-order valence-electron chi connectivity index (χ2n) is 5.85. The monoisotopic (exact) mass is 327 g/mol. The molecule has 0 radical (unpaired) electrons. The van der Waals surface area contributed by atoms with Gasteiger partial charge in [-0.15, -0.1) is 0 Å². The van der Waals surface area contributed by atoms with E-state index in [0.29, 0.717) is 19.3 Å². The topological polar surface area (TPSA) is 30.5 Å². The minimum atomic E-state index is 0.423. The fourth-order valence-electron chi connectivity index (χ4n) is 2.58. The maximum atomic E-state index is 5.75. The third kappa shape index (κ3) is 6.25. The molecule has 130 valence electrons. The van der Waals surface area contributed by atoms with Crippen LogP contribution in [0.2, 0.25) is 0 Å². The number of benzene rings is 2. The summed E-state index contributed by atoms with van der Waals surface area (Å²) in [6, 6.07) is 18.6. The van der Waals surface area contributed by atoms with E-state index in [2.05, 4.69) is 31.3 Å². The lowest BCUT2D eigenvalue weighted by molar-refractivity contribution is 0.217. The summed E-state index contributed by atoms with van der Waals surface area (Å²) in [4.78, 5) is 0. The Balaban J connectivity index is 1.74. The Morgan fingerprint density at radius 1 is 0.833 bits per heavy atom.